The Kier molecular flexibility index (Phi) is 4.58. The number of hydrogen-bond acceptors (Lipinski definition) is 7. The zero-order chi connectivity index (χ0) is 12.7. The quantitative estimate of drug-likeness (QED) is 0.319. The highest BCUT2D eigenvalue weighted by atomic mass is 32.1. The van der Waals surface area contributed by atoms with Crippen molar-refractivity contribution in [2.75, 3.05) is 11.9 Å². The van der Waals surface area contributed by atoms with Gasteiger partial charge in [0, 0.05) is 5.38 Å². The van der Waals surface area contributed by atoms with Crippen LogP contribution in [0.2, 0.25) is 0 Å². The number of hydrogen-bond donors (Lipinski definition) is 2. The van der Waals surface area contributed by atoms with E-state index < -0.39 is 11.7 Å². The number of nitriles is 1. The molecule has 0 aliphatic heterocycles. The van der Waals surface area contributed by atoms with Crippen molar-refractivity contribution < 1.29 is 19.5 Å². The van der Waals surface area contributed by atoms with Gasteiger partial charge in [0.05, 0.1) is 0 Å². The summed E-state index contributed by atoms with van der Waals surface area (Å²) in [4.78, 5) is 29.2. The number of anilines is 1. The summed E-state index contributed by atoms with van der Waals surface area (Å²) in [5.41, 5.74) is -0.389. The fourth-order valence-corrected chi connectivity index (χ4v) is 1.48. The molecule has 88 valence electrons. The average molecular weight is 254 g/mol. The van der Waals surface area contributed by atoms with Gasteiger partial charge >= 0.3 is 5.97 Å². The van der Waals surface area contributed by atoms with E-state index >= 15 is 0 Å². The molecule has 1 aromatic heterocycles. The molecule has 0 saturated heterocycles. The number of carboxylic acid groups (broad SMARTS) is 1. The average Bonchev–Trinajstić information content (AvgIpc) is 2.73. The number of rotatable bonds is 6. The monoisotopic (exact) mass is 254 g/mol. The maximum absolute atomic E-state index is 10.8. The molecule has 2 N–H and O–H groups in total. The van der Waals surface area contributed by atoms with Gasteiger partial charge in [-0.2, -0.15) is 5.26 Å². The first-order valence-electron chi connectivity index (χ1n) is 4.15. The zero-order valence-electron chi connectivity index (χ0n) is 8.28. The summed E-state index contributed by atoms with van der Waals surface area (Å²) in [6.45, 7) is -0.361. The molecule has 8 nitrogen and oxygen atoms in total. The van der Waals surface area contributed by atoms with Crippen molar-refractivity contribution >= 4 is 34.6 Å². The molecule has 0 bridgehead atoms. The van der Waals surface area contributed by atoms with E-state index in [1.54, 1.807) is 6.07 Å². The second kappa shape index (κ2) is 6.19. The number of oxime groups is 1. The van der Waals surface area contributed by atoms with Crippen LogP contribution >= 0.6 is 11.3 Å². The number of thiazole rings is 1. The number of nitrogens with one attached hydrogen (secondary N) is 1. The van der Waals surface area contributed by atoms with Crippen molar-refractivity contribution in [3.8, 4) is 6.07 Å². The predicted molar refractivity (Wildman–Crippen MR) is 57.5 cm³/mol. The van der Waals surface area contributed by atoms with Crippen LogP contribution in [0, 0.1) is 11.3 Å². The lowest BCUT2D eigenvalue weighted by Gasteiger charge is -1.96. The Hall–Kier alpha value is -2.47. The highest BCUT2D eigenvalue weighted by Crippen LogP contribution is 2.15. The molecule has 0 fully saturated rings. The SMILES string of the molecule is N#CCO/N=C(/C(=O)O)c1csc(NC=O)n1. The third-order valence-electron chi connectivity index (χ3n) is 1.42. The summed E-state index contributed by atoms with van der Waals surface area (Å²) in [5.74, 6) is -1.34. The smallest absolute Gasteiger partial charge is 0.360 e. The predicted octanol–water partition coefficient (Wildman–Crippen LogP) is 0.0403. The lowest BCUT2D eigenvalue weighted by molar-refractivity contribution is -0.129. The lowest BCUT2D eigenvalue weighted by atomic mass is 10.3. The van der Waals surface area contributed by atoms with Crippen molar-refractivity contribution in [3.63, 3.8) is 0 Å². The Bertz CT molecular complexity index is 490. The highest BCUT2D eigenvalue weighted by Gasteiger charge is 2.17. The van der Waals surface area contributed by atoms with Gasteiger partial charge in [0.15, 0.2) is 5.13 Å². The molecule has 0 atom stereocenters. The molecule has 0 aliphatic rings. The molecule has 1 amide bonds. The van der Waals surface area contributed by atoms with E-state index in [9.17, 15) is 9.59 Å². The molecule has 0 unspecified atom stereocenters. The summed E-state index contributed by atoms with van der Waals surface area (Å²) < 4.78 is 0. The normalized spacial score (nSPS) is 10.4. The Labute approximate surface area is 99.1 Å². The van der Waals surface area contributed by atoms with E-state index in [0.717, 1.165) is 11.3 Å². The van der Waals surface area contributed by atoms with Crippen molar-refractivity contribution in [2.24, 2.45) is 5.16 Å². The maximum Gasteiger partial charge on any atom is 0.360 e. The van der Waals surface area contributed by atoms with Gasteiger partial charge in [0.25, 0.3) is 0 Å². The minimum Gasteiger partial charge on any atom is -0.476 e. The van der Waals surface area contributed by atoms with Crippen LogP contribution in [0.25, 0.3) is 0 Å². The molecular weight excluding hydrogens is 248 g/mol. The van der Waals surface area contributed by atoms with E-state index in [0.29, 0.717) is 6.41 Å². The van der Waals surface area contributed by atoms with Crippen LogP contribution in [0.5, 0.6) is 0 Å². The second-order valence-corrected chi connectivity index (χ2v) is 3.33. The standard InChI is InChI=1S/C8H6N4O4S/c9-1-2-16-12-6(7(14)15)5-3-17-8(11-5)10-4-13/h3-4H,2H2,(H,14,15)(H,10,11,13)/b12-6+. The number of aliphatic carboxylic acids is 1. The zero-order valence-corrected chi connectivity index (χ0v) is 9.10. The van der Waals surface area contributed by atoms with Crippen molar-refractivity contribution in [1.82, 2.24) is 4.98 Å². The molecule has 0 spiro atoms. The van der Waals surface area contributed by atoms with Crippen LogP contribution in [0.15, 0.2) is 10.5 Å². The fourth-order valence-electron chi connectivity index (χ4n) is 0.820. The van der Waals surface area contributed by atoms with E-state index in [1.807, 2.05) is 0 Å². The van der Waals surface area contributed by atoms with E-state index in [4.69, 9.17) is 10.4 Å². The maximum atomic E-state index is 10.8. The van der Waals surface area contributed by atoms with Gasteiger partial charge in [0.1, 0.15) is 11.8 Å². The van der Waals surface area contributed by atoms with Gasteiger partial charge in [-0.05, 0) is 0 Å². The van der Waals surface area contributed by atoms with Crippen LogP contribution in [0.1, 0.15) is 5.69 Å². The molecule has 17 heavy (non-hydrogen) atoms. The summed E-state index contributed by atoms with van der Waals surface area (Å²) in [6, 6.07) is 1.64. The minimum absolute atomic E-state index is 0.0461. The lowest BCUT2D eigenvalue weighted by Crippen LogP contribution is -2.15. The number of carbonyl (C=O) groups is 2. The summed E-state index contributed by atoms with van der Waals surface area (Å²) in [5, 5.41) is 24.2. The van der Waals surface area contributed by atoms with Gasteiger partial charge in [-0.1, -0.05) is 5.16 Å². The largest absolute Gasteiger partial charge is 0.476 e. The van der Waals surface area contributed by atoms with Crippen molar-refractivity contribution in [1.29, 1.82) is 5.26 Å². The first-order valence-corrected chi connectivity index (χ1v) is 5.03. The Morgan fingerprint density at radius 1 is 1.82 bits per heavy atom. The summed E-state index contributed by atoms with van der Waals surface area (Å²) >= 11 is 1.04. The molecule has 9 heteroatoms. The van der Waals surface area contributed by atoms with Crippen molar-refractivity contribution in [3.05, 3.63) is 11.1 Å². The Balaban J connectivity index is 2.90. The topological polar surface area (TPSA) is 125 Å². The van der Waals surface area contributed by atoms with E-state index in [2.05, 4.69) is 20.3 Å². The molecule has 0 radical (unpaired) electrons. The molecule has 0 aliphatic carbocycles. The third kappa shape index (κ3) is 3.54. The van der Waals surface area contributed by atoms with E-state index in [-0.39, 0.29) is 17.4 Å². The highest BCUT2D eigenvalue weighted by molar-refractivity contribution is 7.14. The van der Waals surface area contributed by atoms with Gasteiger partial charge < -0.3 is 15.3 Å². The third-order valence-corrected chi connectivity index (χ3v) is 2.19. The number of amides is 1. The van der Waals surface area contributed by atoms with E-state index in [1.165, 1.54) is 5.38 Å². The second-order valence-electron chi connectivity index (χ2n) is 2.48. The van der Waals surface area contributed by atoms with Crippen LogP contribution in [-0.2, 0) is 14.4 Å². The van der Waals surface area contributed by atoms with Gasteiger partial charge in [-0.25, -0.2) is 9.78 Å². The minimum atomic E-state index is -1.34. The molecule has 1 rings (SSSR count). The number of carboxylic acids is 1. The first-order chi connectivity index (χ1) is 8.19. The Morgan fingerprint density at radius 3 is 3.18 bits per heavy atom. The van der Waals surface area contributed by atoms with Gasteiger partial charge in [-0.15, -0.1) is 11.3 Å². The molecule has 1 aromatic rings. The van der Waals surface area contributed by atoms with Crippen LogP contribution in [0.3, 0.4) is 0 Å². The van der Waals surface area contributed by atoms with Crippen LogP contribution < -0.4 is 5.32 Å². The fraction of sp³-hybridized carbons (Fsp3) is 0.125. The summed E-state index contributed by atoms with van der Waals surface area (Å²) in [7, 11) is 0. The van der Waals surface area contributed by atoms with Gasteiger partial charge in [-0.3, -0.25) is 4.79 Å². The van der Waals surface area contributed by atoms with Crippen LogP contribution in [0.4, 0.5) is 5.13 Å². The molecule has 0 aromatic carbocycles. The van der Waals surface area contributed by atoms with Gasteiger partial charge in [0.2, 0.25) is 18.7 Å². The molecule has 0 saturated carbocycles. The first kappa shape index (κ1) is 12.6. The van der Waals surface area contributed by atoms with Crippen molar-refractivity contribution in [2.45, 2.75) is 0 Å². The summed E-state index contributed by atoms with van der Waals surface area (Å²) in [6.07, 6.45) is 0.423. The molecular formula is C8H6N4O4S. The van der Waals surface area contributed by atoms with Crippen LogP contribution in [-0.4, -0.2) is 34.8 Å². The number of carbonyl (C=O) groups excluding carboxylic acids is 1. The number of aromatic nitrogens is 1. The number of nitrogens with zero attached hydrogens (tertiary/aromatic N) is 3. The molecule has 1 heterocycles. The Morgan fingerprint density at radius 2 is 2.59 bits per heavy atom.